The zero-order chi connectivity index (χ0) is 14.9. The summed E-state index contributed by atoms with van der Waals surface area (Å²) >= 11 is 0. The number of hydrogen-bond acceptors (Lipinski definition) is 2. The van der Waals surface area contributed by atoms with Gasteiger partial charge in [-0.3, -0.25) is 4.79 Å². The van der Waals surface area contributed by atoms with E-state index in [4.69, 9.17) is 0 Å². The van der Waals surface area contributed by atoms with Crippen LogP contribution in [-0.4, -0.2) is 30.4 Å². The molecule has 0 bridgehead atoms. The van der Waals surface area contributed by atoms with Crippen LogP contribution in [0.25, 0.3) is 0 Å². The number of amides is 1. The fourth-order valence-corrected chi connectivity index (χ4v) is 3.49. The van der Waals surface area contributed by atoms with Crippen LogP contribution in [0.15, 0.2) is 24.3 Å². The second kappa shape index (κ2) is 5.80. The third kappa shape index (κ3) is 3.29. The molecule has 114 valence electrons. The van der Waals surface area contributed by atoms with Gasteiger partial charge in [0.2, 0.25) is 5.91 Å². The number of benzene rings is 1. The van der Waals surface area contributed by atoms with Crippen LogP contribution in [0.1, 0.15) is 49.7 Å². The number of likely N-dealkylation sites (tertiary alicyclic amines) is 1. The van der Waals surface area contributed by atoms with Crippen molar-refractivity contribution < 1.29 is 4.79 Å². The summed E-state index contributed by atoms with van der Waals surface area (Å²) in [5.41, 5.74) is 2.46. The lowest BCUT2D eigenvalue weighted by molar-refractivity contribution is -0.123. The third-order valence-corrected chi connectivity index (χ3v) is 5.04. The van der Waals surface area contributed by atoms with Crippen LogP contribution in [0.2, 0.25) is 0 Å². The first-order chi connectivity index (χ1) is 10.1. The zero-order valence-electron chi connectivity index (χ0n) is 13.2. The van der Waals surface area contributed by atoms with Crippen molar-refractivity contribution in [2.24, 2.45) is 0 Å². The minimum atomic E-state index is -0.0731. The van der Waals surface area contributed by atoms with Crippen LogP contribution >= 0.6 is 0 Å². The molecule has 3 nitrogen and oxygen atoms in total. The average molecular weight is 286 g/mol. The highest BCUT2D eigenvalue weighted by molar-refractivity contribution is 5.78. The van der Waals surface area contributed by atoms with E-state index in [0.29, 0.717) is 12.5 Å². The molecule has 21 heavy (non-hydrogen) atoms. The second-order valence-electron chi connectivity index (χ2n) is 6.83. The van der Waals surface area contributed by atoms with Gasteiger partial charge in [0.25, 0.3) is 0 Å². The SMILES string of the molecule is Cc1cccc(C2(NC(=O)CC3CCCCN3C)CC2)c1. The highest BCUT2D eigenvalue weighted by Crippen LogP contribution is 2.45. The maximum absolute atomic E-state index is 12.4. The molecule has 1 saturated carbocycles. The molecule has 0 spiro atoms. The number of nitrogens with zero attached hydrogens (tertiary/aromatic N) is 1. The van der Waals surface area contributed by atoms with E-state index in [9.17, 15) is 4.79 Å². The maximum atomic E-state index is 12.4. The fraction of sp³-hybridized carbons (Fsp3) is 0.611. The Morgan fingerprint density at radius 1 is 1.38 bits per heavy atom. The lowest BCUT2D eigenvalue weighted by atomic mass is 9.98. The first kappa shape index (κ1) is 14.6. The number of piperidine rings is 1. The Kier molecular flexibility index (Phi) is 4.03. The van der Waals surface area contributed by atoms with Gasteiger partial charge in [-0.15, -0.1) is 0 Å². The Balaban J connectivity index is 1.62. The minimum absolute atomic E-state index is 0.0731. The van der Waals surface area contributed by atoms with Crippen LogP contribution in [0.3, 0.4) is 0 Å². The summed E-state index contributed by atoms with van der Waals surface area (Å²) in [6.07, 6.45) is 6.46. The van der Waals surface area contributed by atoms with Gasteiger partial charge in [-0.05, 0) is 51.8 Å². The summed E-state index contributed by atoms with van der Waals surface area (Å²) in [5, 5.41) is 3.31. The quantitative estimate of drug-likeness (QED) is 0.923. The highest BCUT2D eigenvalue weighted by Gasteiger charge is 2.45. The van der Waals surface area contributed by atoms with Gasteiger partial charge in [0.05, 0.1) is 5.54 Å². The molecule has 1 saturated heterocycles. The van der Waals surface area contributed by atoms with Crippen molar-refractivity contribution in [3.05, 3.63) is 35.4 Å². The molecule has 1 aromatic carbocycles. The predicted octanol–water partition coefficient (Wildman–Crippen LogP) is 2.97. The molecule has 0 radical (unpaired) electrons. The van der Waals surface area contributed by atoms with Crippen molar-refractivity contribution >= 4 is 5.91 Å². The Morgan fingerprint density at radius 3 is 2.86 bits per heavy atom. The topological polar surface area (TPSA) is 32.3 Å². The fourth-order valence-electron chi connectivity index (χ4n) is 3.49. The van der Waals surface area contributed by atoms with Gasteiger partial charge in [-0.1, -0.05) is 36.2 Å². The van der Waals surface area contributed by atoms with Gasteiger partial charge < -0.3 is 10.2 Å². The number of hydrogen-bond donors (Lipinski definition) is 1. The van der Waals surface area contributed by atoms with E-state index < -0.39 is 0 Å². The first-order valence-corrected chi connectivity index (χ1v) is 8.17. The molecule has 1 amide bonds. The van der Waals surface area contributed by atoms with Crippen molar-refractivity contribution in [2.45, 2.75) is 57.0 Å². The van der Waals surface area contributed by atoms with Crippen LogP contribution in [0.5, 0.6) is 0 Å². The number of rotatable bonds is 4. The molecule has 1 aromatic rings. The third-order valence-electron chi connectivity index (χ3n) is 5.04. The molecule has 1 atom stereocenters. The van der Waals surface area contributed by atoms with E-state index in [-0.39, 0.29) is 11.4 Å². The van der Waals surface area contributed by atoms with Crippen LogP contribution in [0.4, 0.5) is 0 Å². The maximum Gasteiger partial charge on any atom is 0.222 e. The number of carbonyl (C=O) groups excluding carboxylic acids is 1. The molecule has 1 heterocycles. The van der Waals surface area contributed by atoms with E-state index in [1.165, 1.54) is 24.0 Å². The Hall–Kier alpha value is -1.35. The minimum Gasteiger partial charge on any atom is -0.347 e. The first-order valence-electron chi connectivity index (χ1n) is 8.17. The van der Waals surface area contributed by atoms with E-state index >= 15 is 0 Å². The molecule has 1 unspecified atom stereocenters. The Morgan fingerprint density at radius 2 is 2.19 bits per heavy atom. The summed E-state index contributed by atoms with van der Waals surface area (Å²) in [5.74, 6) is 0.216. The van der Waals surface area contributed by atoms with Crippen LogP contribution in [0, 0.1) is 6.92 Å². The van der Waals surface area contributed by atoms with Gasteiger partial charge in [0.1, 0.15) is 0 Å². The van der Waals surface area contributed by atoms with Gasteiger partial charge in [0, 0.05) is 12.5 Å². The lowest BCUT2D eigenvalue weighted by Crippen LogP contribution is -2.42. The molecule has 2 aliphatic rings. The van der Waals surface area contributed by atoms with E-state index in [1.807, 2.05) is 0 Å². The monoisotopic (exact) mass is 286 g/mol. The molecular weight excluding hydrogens is 260 g/mol. The lowest BCUT2D eigenvalue weighted by Gasteiger charge is -2.32. The summed E-state index contributed by atoms with van der Waals surface area (Å²) in [6, 6.07) is 8.98. The normalized spacial score (nSPS) is 24.6. The van der Waals surface area contributed by atoms with Gasteiger partial charge in [-0.25, -0.2) is 0 Å². The van der Waals surface area contributed by atoms with Crippen molar-refractivity contribution in [3.8, 4) is 0 Å². The summed E-state index contributed by atoms with van der Waals surface area (Å²) in [7, 11) is 2.14. The molecule has 2 fully saturated rings. The summed E-state index contributed by atoms with van der Waals surface area (Å²) < 4.78 is 0. The molecule has 0 aromatic heterocycles. The summed E-state index contributed by atoms with van der Waals surface area (Å²) in [4.78, 5) is 14.8. The van der Waals surface area contributed by atoms with Gasteiger partial charge >= 0.3 is 0 Å². The average Bonchev–Trinajstić information content (AvgIpc) is 3.22. The molecular formula is C18H26N2O. The Labute approximate surface area is 127 Å². The van der Waals surface area contributed by atoms with E-state index in [1.54, 1.807) is 0 Å². The second-order valence-corrected chi connectivity index (χ2v) is 6.83. The van der Waals surface area contributed by atoms with Crippen molar-refractivity contribution in [2.75, 3.05) is 13.6 Å². The van der Waals surface area contributed by atoms with Crippen LogP contribution in [-0.2, 0) is 10.3 Å². The number of aryl methyl sites for hydroxylation is 1. The smallest absolute Gasteiger partial charge is 0.222 e. The van der Waals surface area contributed by atoms with Crippen molar-refractivity contribution in [1.82, 2.24) is 10.2 Å². The summed E-state index contributed by atoms with van der Waals surface area (Å²) in [6.45, 7) is 3.24. The van der Waals surface area contributed by atoms with Crippen LogP contribution < -0.4 is 5.32 Å². The predicted molar refractivity (Wildman–Crippen MR) is 85.1 cm³/mol. The molecule has 3 heteroatoms. The van der Waals surface area contributed by atoms with Gasteiger partial charge in [-0.2, -0.15) is 0 Å². The van der Waals surface area contributed by atoms with Crippen molar-refractivity contribution in [1.29, 1.82) is 0 Å². The Bertz CT molecular complexity index is 522. The highest BCUT2D eigenvalue weighted by atomic mass is 16.1. The molecule has 3 rings (SSSR count). The molecule has 1 N–H and O–H groups in total. The zero-order valence-corrected chi connectivity index (χ0v) is 13.2. The molecule has 1 aliphatic heterocycles. The number of nitrogens with one attached hydrogen (secondary N) is 1. The molecule has 1 aliphatic carbocycles. The van der Waals surface area contributed by atoms with Gasteiger partial charge in [0.15, 0.2) is 0 Å². The number of carbonyl (C=O) groups is 1. The standard InChI is InChI=1S/C18H26N2O/c1-14-6-5-7-15(12-14)18(9-10-18)19-17(21)13-16-8-3-4-11-20(16)2/h5-7,12,16H,3-4,8-11,13H2,1-2H3,(H,19,21). The van der Waals surface area contributed by atoms with E-state index in [2.05, 4.69) is 48.5 Å². The largest absolute Gasteiger partial charge is 0.347 e. The van der Waals surface area contributed by atoms with E-state index in [0.717, 1.165) is 25.8 Å². The van der Waals surface area contributed by atoms with Crippen molar-refractivity contribution in [3.63, 3.8) is 0 Å².